The summed E-state index contributed by atoms with van der Waals surface area (Å²) in [5.41, 5.74) is 1.08. The number of hydrogen-bond donors (Lipinski definition) is 1. The molecule has 0 saturated carbocycles. The van der Waals surface area contributed by atoms with Crippen molar-refractivity contribution >= 4 is 32.9 Å². The summed E-state index contributed by atoms with van der Waals surface area (Å²) in [5.74, 6) is -0.369. The van der Waals surface area contributed by atoms with E-state index in [2.05, 4.69) is 15.9 Å². The number of carbonyl (C=O) groups is 1. The third kappa shape index (κ3) is 1.63. The van der Waals surface area contributed by atoms with E-state index in [-0.39, 0.29) is 5.82 Å². The Balaban J connectivity index is 2.80. The summed E-state index contributed by atoms with van der Waals surface area (Å²) in [6.07, 6.45) is -1.06. The lowest BCUT2D eigenvalue weighted by atomic mass is 10.2. The van der Waals surface area contributed by atoms with Crippen LogP contribution in [-0.2, 0) is 5.33 Å². The number of rotatable bonds is 1. The molecule has 1 aromatic heterocycles. The predicted octanol–water partition coefficient (Wildman–Crippen LogP) is 3.20. The van der Waals surface area contributed by atoms with E-state index in [0.717, 1.165) is 4.57 Å². The minimum atomic E-state index is -1.06. The van der Waals surface area contributed by atoms with E-state index < -0.39 is 6.09 Å². The highest BCUT2D eigenvalue weighted by molar-refractivity contribution is 9.08. The van der Waals surface area contributed by atoms with Crippen LogP contribution in [-0.4, -0.2) is 15.8 Å². The molecule has 78 valence electrons. The van der Waals surface area contributed by atoms with Crippen LogP contribution in [0.15, 0.2) is 24.3 Å². The Morgan fingerprint density at radius 2 is 2.20 bits per heavy atom. The summed E-state index contributed by atoms with van der Waals surface area (Å²) in [4.78, 5) is 11.0. The third-order valence-corrected chi connectivity index (χ3v) is 2.74. The van der Waals surface area contributed by atoms with Gasteiger partial charge >= 0.3 is 6.09 Å². The van der Waals surface area contributed by atoms with Gasteiger partial charge in [0.1, 0.15) is 5.82 Å². The first-order chi connectivity index (χ1) is 7.13. The van der Waals surface area contributed by atoms with Crippen molar-refractivity contribution in [3.05, 3.63) is 35.8 Å². The second-order valence-corrected chi connectivity index (χ2v) is 3.65. The molecular formula is C10H7BrFNO2. The van der Waals surface area contributed by atoms with Crippen molar-refractivity contribution in [1.82, 2.24) is 4.57 Å². The standard InChI is InChI=1S/C10H7BrFNO2/c11-5-8-4-6-3-7(12)1-2-9(6)13(8)10(14)15/h1-4H,5H2,(H,14,15). The summed E-state index contributed by atoms with van der Waals surface area (Å²) in [7, 11) is 0. The van der Waals surface area contributed by atoms with Gasteiger partial charge in [-0.2, -0.15) is 0 Å². The summed E-state index contributed by atoms with van der Waals surface area (Å²) in [6.45, 7) is 0. The highest BCUT2D eigenvalue weighted by atomic mass is 79.9. The van der Waals surface area contributed by atoms with Crippen molar-refractivity contribution < 1.29 is 14.3 Å². The van der Waals surface area contributed by atoms with Crippen LogP contribution < -0.4 is 0 Å². The van der Waals surface area contributed by atoms with Gasteiger partial charge in [-0.05, 0) is 24.3 Å². The molecule has 0 fully saturated rings. The Kier molecular flexibility index (Phi) is 2.48. The Morgan fingerprint density at radius 1 is 1.47 bits per heavy atom. The molecule has 1 aromatic carbocycles. The minimum absolute atomic E-state index is 0.369. The lowest BCUT2D eigenvalue weighted by molar-refractivity contribution is 0.197. The van der Waals surface area contributed by atoms with Gasteiger partial charge in [-0.1, -0.05) is 15.9 Å². The van der Waals surface area contributed by atoms with Crippen LogP contribution in [0, 0.1) is 5.82 Å². The molecule has 0 bridgehead atoms. The molecule has 1 heterocycles. The molecule has 0 amide bonds. The van der Waals surface area contributed by atoms with Crippen molar-refractivity contribution in [3.8, 4) is 0 Å². The molecule has 3 nitrogen and oxygen atoms in total. The first-order valence-corrected chi connectivity index (χ1v) is 5.35. The largest absolute Gasteiger partial charge is 0.464 e. The first-order valence-electron chi connectivity index (χ1n) is 4.22. The second-order valence-electron chi connectivity index (χ2n) is 3.09. The zero-order valence-electron chi connectivity index (χ0n) is 7.58. The predicted molar refractivity (Wildman–Crippen MR) is 57.9 cm³/mol. The van der Waals surface area contributed by atoms with Crippen LogP contribution in [0.3, 0.4) is 0 Å². The zero-order chi connectivity index (χ0) is 11.0. The Bertz CT molecular complexity index is 535. The van der Waals surface area contributed by atoms with Gasteiger partial charge in [-0.15, -0.1) is 0 Å². The molecule has 5 heteroatoms. The lowest BCUT2D eigenvalue weighted by Gasteiger charge is -2.01. The minimum Gasteiger partial charge on any atom is -0.464 e. The molecule has 0 aliphatic heterocycles. The molecule has 0 unspecified atom stereocenters. The average Bonchev–Trinajstić information content (AvgIpc) is 2.54. The Hall–Kier alpha value is -1.36. The van der Waals surface area contributed by atoms with Crippen LogP contribution in [0.1, 0.15) is 5.69 Å². The fourth-order valence-corrected chi connectivity index (χ4v) is 1.98. The van der Waals surface area contributed by atoms with E-state index in [0.29, 0.717) is 21.9 Å². The molecule has 0 saturated heterocycles. The van der Waals surface area contributed by atoms with Crippen molar-refractivity contribution in [2.24, 2.45) is 0 Å². The number of aromatic nitrogens is 1. The van der Waals surface area contributed by atoms with Crippen molar-refractivity contribution in [1.29, 1.82) is 0 Å². The van der Waals surface area contributed by atoms with Crippen LogP contribution in [0.4, 0.5) is 9.18 Å². The number of hydrogen-bond acceptors (Lipinski definition) is 1. The highest BCUT2D eigenvalue weighted by Gasteiger charge is 2.13. The van der Waals surface area contributed by atoms with Crippen LogP contribution in [0.2, 0.25) is 0 Å². The number of alkyl halides is 1. The smallest absolute Gasteiger partial charge is 0.416 e. The molecule has 0 aliphatic carbocycles. The lowest BCUT2D eigenvalue weighted by Crippen LogP contribution is -2.10. The SMILES string of the molecule is O=C(O)n1c(CBr)cc2cc(F)ccc21. The Labute approximate surface area is 93.3 Å². The van der Waals surface area contributed by atoms with E-state index in [1.807, 2.05) is 0 Å². The molecule has 1 N–H and O–H groups in total. The van der Waals surface area contributed by atoms with Crippen molar-refractivity contribution in [2.75, 3.05) is 0 Å². The fraction of sp³-hybridized carbons (Fsp3) is 0.100. The van der Waals surface area contributed by atoms with Gasteiger partial charge in [0.25, 0.3) is 0 Å². The van der Waals surface area contributed by atoms with Crippen LogP contribution in [0.25, 0.3) is 10.9 Å². The summed E-state index contributed by atoms with van der Waals surface area (Å²) < 4.78 is 14.1. The van der Waals surface area contributed by atoms with Gasteiger partial charge in [0.2, 0.25) is 0 Å². The van der Waals surface area contributed by atoms with Gasteiger partial charge in [0.15, 0.2) is 0 Å². The molecular weight excluding hydrogens is 265 g/mol. The molecule has 0 radical (unpaired) electrons. The highest BCUT2D eigenvalue weighted by Crippen LogP contribution is 2.22. The van der Waals surface area contributed by atoms with E-state index in [1.165, 1.54) is 18.2 Å². The maximum Gasteiger partial charge on any atom is 0.416 e. The number of carboxylic acid groups (broad SMARTS) is 1. The van der Waals surface area contributed by atoms with Crippen molar-refractivity contribution in [3.63, 3.8) is 0 Å². The number of nitrogens with zero attached hydrogens (tertiary/aromatic N) is 1. The fourth-order valence-electron chi connectivity index (χ4n) is 1.57. The van der Waals surface area contributed by atoms with Gasteiger partial charge in [0.05, 0.1) is 5.52 Å². The van der Waals surface area contributed by atoms with Gasteiger partial charge < -0.3 is 5.11 Å². The van der Waals surface area contributed by atoms with Crippen molar-refractivity contribution in [2.45, 2.75) is 5.33 Å². The normalized spacial score (nSPS) is 10.8. The molecule has 15 heavy (non-hydrogen) atoms. The molecule has 0 aliphatic rings. The molecule has 2 aromatic rings. The topological polar surface area (TPSA) is 42.2 Å². The third-order valence-electron chi connectivity index (χ3n) is 2.17. The monoisotopic (exact) mass is 271 g/mol. The van der Waals surface area contributed by atoms with E-state index in [1.54, 1.807) is 6.07 Å². The summed E-state index contributed by atoms with van der Waals surface area (Å²) >= 11 is 3.20. The van der Waals surface area contributed by atoms with Gasteiger partial charge in [0, 0.05) is 16.4 Å². The summed E-state index contributed by atoms with van der Waals surface area (Å²) in [6, 6.07) is 5.69. The van der Waals surface area contributed by atoms with E-state index in [4.69, 9.17) is 5.11 Å². The van der Waals surface area contributed by atoms with Gasteiger partial charge in [-0.3, -0.25) is 0 Å². The summed E-state index contributed by atoms with van der Waals surface area (Å²) in [5, 5.41) is 10.0. The van der Waals surface area contributed by atoms with E-state index >= 15 is 0 Å². The average molecular weight is 272 g/mol. The maximum atomic E-state index is 12.9. The molecule has 0 spiro atoms. The van der Waals surface area contributed by atoms with E-state index in [9.17, 15) is 9.18 Å². The first kappa shape index (κ1) is 10.2. The van der Waals surface area contributed by atoms with Crippen LogP contribution in [0.5, 0.6) is 0 Å². The van der Waals surface area contributed by atoms with Crippen LogP contribution >= 0.6 is 15.9 Å². The molecule has 0 atom stereocenters. The maximum absolute atomic E-state index is 12.9. The number of fused-ring (bicyclic) bond motifs is 1. The van der Waals surface area contributed by atoms with Gasteiger partial charge in [-0.25, -0.2) is 13.8 Å². The quantitative estimate of drug-likeness (QED) is 0.810. The Morgan fingerprint density at radius 3 is 2.80 bits per heavy atom. The number of benzene rings is 1. The number of halogens is 2. The molecule has 2 rings (SSSR count). The zero-order valence-corrected chi connectivity index (χ0v) is 9.16. The second kappa shape index (κ2) is 3.66.